The van der Waals surface area contributed by atoms with Crippen molar-refractivity contribution in [1.29, 1.82) is 0 Å². The Morgan fingerprint density at radius 1 is 1.04 bits per heavy atom. The van der Waals surface area contributed by atoms with Crippen molar-refractivity contribution >= 4 is 35.3 Å². The summed E-state index contributed by atoms with van der Waals surface area (Å²) in [6, 6.07) is 20.3. The number of anilines is 1. The molecule has 1 aromatic heterocycles. The highest BCUT2D eigenvalue weighted by Gasteiger charge is 2.06. The molecule has 0 unspecified atom stereocenters. The van der Waals surface area contributed by atoms with E-state index in [1.165, 1.54) is 0 Å². The van der Waals surface area contributed by atoms with Crippen LogP contribution in [0.4, 0.5) is 5.69 Å². The number of ether oxygens (including phenoxy) is 1. The average Bonchev–Trinajstić information content (AvgIpc) is 2.67. The molecule has 1 N–H and O–H groups in total. The lowest BCUT2D eigenvalue weighted by Gasteiger charge is -2.09. The van der Waals surface area contributed by atoms with Crippen LogP contribution in [0.15, 0.2) is 72.9 Å². The van der Waals surface area contributed by atoms with Crippen molar-refractivity contribution in [3.63, 3.8) is 0 Å². The van der Waals surface area contributed by atoms with Crippen molar-refractivity contribution in [3.05, 3.63) is 89.2 Å². The summed E-state index contributed by atoms with van der Waals surface area (Å²) >= 11 is 6.00. The molecule has 0 saturated carbocycles. The molecule has 4 nitrogen and oxygen atoms in total. The second-order valence-corrected chi connectivity index (χ2v) is 5.89. The molecule has 0 spiro atoms. The van der Waals surface area contributed by atoms with Gasteiger partial charge in [0.2, 0.25) is 0 Å². The second kappa shape index (κ2) is 8.83. The van der Waals surface area contributed by atoms with E-state index in [4.69, 9.17) is 16.3 Å². The molecule has 0 radical (unpaired) electrons. The first-order valence-corrected chi connectivity index (χ1v) is 8.45. The maximum absolute atomic E-state index is 12.1. The topological polar surface area (TPSA) is 51.2 Å². The summed E-state index contributed by atoms with van der Waals surface area (Å²) in [5, 5.41) is 3.29. The number of aromatic nitrogens is 1. The van der Waals surface area contributed by atoms with Gasteiger partial charge < -0.3 is 10.1 Å². The van der Waals surface area contributed by atoms with Gasteiger partial charge >= 0.3 is 0 Å². The van der Waals surface area contributed by atoms with Crippen LogP contribution < -0.4 is 10.1 Å². The summed E-state index contributed by atoms with van der Waals surface area (Å²) in [7, 11) is 0. The largest absolute Gasteiger partial charge is 0.482 e. The molecular weight excluding hydrogens is 348 g/mol. The maximum atomic E-state index is 12.1. The minimum Gasteiger partial charge on any atom is -0.482 e. The predicted octanol–water partition coefficient (Wildman–Crippen LogP) is 4.92. The number of benzene rings is 2. The molecule has 0 bridgehead atoms. The van der Waals surface area contributed by atoms with Crippen molar-refractivity contribution in [2.24, 2.45) is 0 Å². The van der Waals surface area contributed by atoms with Gasteiger partial charge in [0.15, 0.2) is 6.61 Å². The van der Waals surface area contributed by atoms with Gasteiger partial charge in [-0.15, -0.1) is 0 Å². The lowest BCUT2D eigenvalue weighted by atomic mass is 10.1. The molecule has 0 aliphatic heterocycles. The molecule has 0 fully saturated rings. The summed E-state index contributed by atoms with van der Waals surface area (Å²) in [5.74, 6) is 0.229. The van der Waals surface area contributed by atoms with Crippen LogP contribution >= 0.6 is 11.6 Å². The third-order valence-corrected chi connectivity index (χ3v) is 3.81. The Hall–Kier alpha value is -3.11. The monoisotopic (exact) mass is 364 g/mol. The molecule has 1 amide bonds. The van der Waals surface area contributed by atoms with E-state index in [1.807, 2.05) is 54.6 Å². The molecule has 0 aliphatic carbocycles. The number of para-hydroxylation sites is 1. The van der Waals surface area contributed by atoms with E-state index in [1.54, 1.807) is 30.5 Å². The number of halogens is 1. The molecule has 0 saturated heterocycles. The van der Waals surface area contributed by atoms with E-state index >= 15 is 0 Å². The van der Waals surface area contributed by atoms with Crippen LogP contribution in [-0.4, -0.2) is 17.5 Å². The molecule has 130 valence electrons. The Morgan fingerprint density at radius 3 is 2.69 bits per heavy atom. The van der Waals surface area contributed by atoms with E-state index < -0.39 is 0 Å². The molecule has 3 rings (SSSR count). The van der Waals surface area contributed by atoms with Crippen LogP contribution in [0.25, 0.3) is 12.2 Å². The molecule has 0 atom stereocenters. The summed E-state index contributed by atoms with van der Waals surface area (Å²) < 4.78 is 5.44. The number of nitrogens with one attached hydrogen (secondary N) is 1. The van der Waals surface area contributed by atoms with Crippen molar-refractivity contribution in [1.82, 2.24) is 4.98 Å². The van der Waals surface area contributed by atoms with Gasteiger partial charge in [0, 0.05) is 11.9 Å². The third kappa shape index (κ3) is 5.19. The Balaban J connectivity index is 1.59. The number of carbonyl (C=O) groups is 1. The Morgan fingerprint density at radius 2 is 1.88 bits per heavy atom. The van der Waals surface area contributed by atoms with Gasteiger partial charge in [-0.3, -0.25) is 9.78 Å². The normalized spacial score (nSPS) is 10.7. The molecule has 1 heterocycles. The second-order valence-electron chi connectivity index (χ2n) is 5.48. The van der Waals surface area contributed by atoms with E-state index in [9.17, 15) is 4.79 Å². The minimum absolute atomic E-state index is 0.113. The van der Waals surface area contributed by atoms with Crippen LogP contribution in [0.1, 0.15) is 11.3 Å². The van der Waals surface area contributed by atoms with Crippen molar-refractivity contribution < 1.29 is 9.53 Å². The zero-order valence-corrected chi connectivity index (χ0v) is 14.7. The maximum Gasteiger partial charge on any atom is 0.262 e. The number of rotatable bonds is 6. The highest BCUT2D eigenvalue weighted by molar-refractivity contribution is 6.32. The van der Waals surface area contributed by atoms with E-state index in [0.29, 0.717) is 16.5 Å². The fourth-order valence-electron chi connectivity index (χ4n) is 2.28. The number of pyridine rings is 1. The van der Waals surface area contributed by atoms with Gasteiger partial charge in [0.25, 0.3) is 5.91 Å². The first-order chi connectivity index (χ1) is 12.7. The first kappa shape index (κ1) is 17.7. The zero-order chi connectivity index (χ0) is 18.2. The lowest BCUT2D eigenvalue weighted by molar-refractivity contribution is -0.118. The molecule has 0 aliphatic rings. The summed E-state index contributed by atoms with van der Waals surface area (Å²) in [6.07, 6.45) is 5.61. The van der Waals surface area contributed by atoms with Crippen molar-refractivity contribution in [3.8, 4) is 5.75 Å². The summed E-state index contributed by atoms with van der Waals surface area (Å²) in [6.45, 7) is -0.113. The Labute approximate surface area is 157 Å². The average molecular weight is 365 g/mol. The Bertz CT molecular complexity index is 911. The summed E-state index contributed by atoms with van der Waals surface area (Å²) in [4.78, 5) is 16.3. The van der Waals surface area contributed by atoms with Crippen molar-refractivity contribution in [2.45, 2.75) is 0 Å². The molecule has 26 heavy (non-hydrogen) atoms. The fraction of sp³-hybridized carbons (Fsp3) is 0.0476. The van der Waals surface area contributed by atoms with E-state index in [0.717, 1.165) is 11.3 Å². The van der Waals surface area contributed by atoms with Gasteiger partial charge in [-0.1, -0.05) is 48.0 Å². The van der Waals surface area contributed by atoms with Crippen LogP contribution in [0.5, 0.6) is 5.75 Å². The number of amides is 1. The minimum atomic E-state index is -0.254. The number of hydrogen-bond donors (Lipinski definition) is 1. The van der Waals surface area contributed by atoms with Crippen LogP contribution in [-0.2, 0) is 4.79 Å². The predicted molar refractivity (Wildman–Crippen MR) is 105 cm³/mol. The van der Waals surface area contributed by atoms with Crippen LogP contribution in [0.3, 0.4) is 0 Å². The Kier molecular flexibility index (Phi) is 6.01. The zero-order valence-electron chi connectivity index (χ0n) is 13.9. The highest BCUT2D eigenvalue weighted by Crippen LogP contribution is 2.23. The number of carbonyl (C=O) groups excluding carboxylic acids is 1. The van der Waals surface area contributed by atoms with Gasteiger partial charge in [0.1, 0.15) is 5.75 Å². The molecule has 2 aromatic carbocycles. The van der Waals surface area contributed by atoms with Crippen LogP contribution in [0.2, 0.25) is 5.02 Å². The molecule has 3 aromatic rings. The van der Waals surface area contributed by atoms with Crippen LogP contribution in [0, 0.1) is 0 Å². The fourth-order valence-corrected chi connectivity index (χ4v) is 2.47. The number of hydrogen-bond acceptors (Lipinski definition) is 3. The first-order valence-electron chi connectivity index (χ1n) is 8.07. The molecule has 5 heteroatoms. The number of nitrogens with zero attached hydrogens (tertiary/aromatic N) is 1. The summed E-state index contributed by atoms with van der Waals surface area (Å²) in [5.41, 5.74) is 2.52. The van der Waals surface area contributed by atoms with Crippen molar-refractivity contribution in [2.75, 3.05) is 11.9 Å². The highest BCUT2D eigenvalue weighted by atomic mass is 35.5. The standard InChI is InChI=1S/C21H17ClN2O2/c22-19-9-1-2-10-20(19)26-15-21(25)24-18-8-5-6-16(14-18)11-12-17-7-3-4-13-23-17/h1-14H,15H2,(H,24,25)/b12-11+. The van der Waals surface area contributed by atoms with Gasteiger partial charge in [-0.05, 0) is 48.0 Å². The smallest absolute Gasteiger partial charge is 0.262 e. The van der Waals surface area contributed by atoms with E-state index in [2.05, 4.69) is 10.3 Å². The lowest BCUT2D eigenvalue weighted by Crippen LogP contribution is -2.20. The van der Waals surface area contributed by atoms with Gasteiger partial charge in [-0.2, -0.15) is 0 Å². The SMILES string of the molecule is O=C(COc1ccccc1Cl)Nc1cccc(/C=C/c2ccccn2)c1. The van der Waals surface area contributed by atoms with Gasteiger partial charge in [0.05, 0.1) is 10.7 Å². The third-order valence-electron chi connectivity index (χ3n) is 3.50. The molecular formula is C21H17ClN2O2. The quantitative estimate of drug-likeness (QED) is 0.675. The van der Waals surface area contributed by atoms with Gasteiger partial charge in [-0.25, -0.2) is 0 Å². The van der Waals surface area contributed by atoms with E-state index in [-0.39, 0.29) is 12.5 Å².